The van der Waals surface area contributed by atoms with Crippen LogP contribution in [-0.4, -0.2) is 45.4 Å². The SMILES string of the molecule is CN(c1ccccc1)S(=O)(=O)c1ccc(C(=O)N2CCCCC2CN)cc1.Cl. The third-order valence-corrected chi connectivity index (χ3v) is 6.84. The fraction of sp³-hybridized carbons (Fsp3) is 0.350. The lowest BCUT2D eigenvalue weighted by Gasteiger charge is -2.35. The molecule has 2 N–H and O–H groups in total. The maximum atomic E-state index is 12.8. The average Bonchev–Trinajstić information content (AvgIpc) is 2.73. The number of benzene rings is 2. The maximum absolute atomic E-state index is 12.8. The molecular weight excluding hydrogens is 398 g/mol. The zero-order chi connectivity index (χ0) is 19.4. The van der Waals surface area contributed by atoms with E-state index in [1.165, 1.54) is 23.5 Å². The molecule has 1 aliphatic rings. The smallest absolute Gasteiger partial charge is 0.264 e. The molecule has 1 amide bonds. The summed E-state index contributed by atoms with van der Waals surface area (Å²) in [5, 5.41) is 0. The van der Waals surface area contributed by atoms with Gasteiger partial charge in [0.2, 0.25) is 0 Å². The predicted molar refractivity (Wildman–Crippen MR) is 113 cm³/mol. The van der Waals surface area contributed by atoms with Gasteiger partial charge in [-0.2, -0.15) is 0 Å². The molecule has 3 rings (SSSR count). The fourth-order valence-corrected chi connectivity index (χ4v) is 4.58. The van der Waals surface area contributed by atoms with Gasteiger partial charge in [0.15, 0.2) is 0 Å². The van der Waals surface area contributed by atoms with Crippen molar-refractivity contribution in [3.63, 3.8) is 0 Å². The molecule has 8 heteroatoms. The molecule has 1 heterocycles. The molecule has 2 aromatic rings. The van der Waals surface area contributed by atoms with Gasteiger partial charge in [0.1, 0.15) is 0 Å². The highest BCUT2D eigenvalue weighted by Gasteiger charge is 2.27. The number of piperidine rings is 1. The molecule has 1 unspecified atom stereocenters. The summed E-state index contributed by atoms with van der Waals surface area (Å²) in [7, 11) is -2.17. The standard InChI is InChI=1S/C20H25N3O3S.ClH/c1-22(17-7-3-2-4-8-17)27(25,26)19-12-10-16(11-13-19)20(24)23-14-6-5-9-18(23)15-21;/h2-4,7-8,10-13,18H,5-6,9,14-15,21H2,1H3;1H. The number of amides is 1. The number of likely N-dealkylation sites (tertiary alicyclic amines) is 1. The maximum Gasteiger partial charge on any atom is 0.264 e. The van der Waals surface area contributed by atoms with Crippen LogP contribution in [0.1, 0.15) is 29.6 Å². The van der Waals surface area contributed by atoms with Gasteiger partial charge >= 0.3 is 0 Å². The van der Waals surface area contributed by atoms with Gasteiger partial charge < -0.3 is 10.6 Å². The number of rotatable bonds is 5. The molecule has 0 aromatic heterocycles. The van der Waals surface area contributed by atoms with Gasteiger partial charge in [0.05, 0.1) is 10.6 Å². The molecule has 1 atom stereocenters. The molecule has 0 bridgehead atoms. The minimum absolute atomic E-state index is 0. The van der Waals surface area contributed by atoms with Crippen molar-refractivity contribution in [2.45, 2.75) is 30.2 Å². The first-order chi connectivity index (χ1) is 12.9. The zero-order valence-electron chi connectivity index (χ0n) is 15.8. The van der Waals surface area contributed by atoms with E-state index in [2.05, 4.69) is 0 Å². The van der Waals surface area contributed by atoms with Crippen LogP contribution in [0.4, 0.5) is 5.69 Å². The largest absolute Gasteiger partial charge is 0.334 e. The third-order valence-electron chi connectivity index (χ3n) is 5.04. The van der Waals surface area contributed by atoms with E-state index < -0.39 is 10.0 Å². The summed E-state index contributed by atoms with van der Waals surface area (Å²) in [6.45, 7) is 1.14. The topological polar surface area (TPSA) is 83.7 Å². The quantitative estimate of drug-likeness (QED) is 0.801. The van der Waals surface area contributed by atoms with Crippen LogP contribution in [0.2, 0.25) is 0 Å². The lowest BCUT2D eigenvalue weighted by molar-refractivity contribution is 0.0623. The van der Waals surface area contributed by atoms with Gasteiger partial charge in [-0.1, -0.05) is 18.2 Å². The summed E-state index contributed by atoms with van der Waals surface area (Å²) < 4.78 is 26.9. The Morgan fingerprint density at radius 3 is 2.36 bits per heavy atom. The summed E-state index contributed by atoms with van der Waals surface area (Å²) in [4.78, 5) is 14.8. The number of carbonyl (C=O) groups is 1. The first kappa shape index (κ1) is 22.2. The minimum Gasteiger partial charge on any atom is -0.334 e. The Labute approximate surface area is 172 Å². The summed E-state index contributed by atoms with van der Waals surface area (Å²) in [6, 6.07) is 15.1. The van der Waals surface area contributed by atoms with E-state index in [0.717, 1.165) is 19.3 Å². The molecule has 1 aliphatic heterocycles. The Morgan fingerprint density at radius 2 is 1.75 bits per heavy atom. The first-order valence-corrected chi connectivity index (χ1v) is 10.5. The zero-order valence-corrected chi connectivity index (χ0v) is 17.5. The molecule has 1 saturated heterocycles. The molecule has 0 aliphatic carbocycles. The van der Waals surface area contributed by atoms with Crippen molar-refractivity contribution in [2.24, 2.45) is 5.73 Å². The molecule has 0 saturated carbocycles. The highest BCUT2D eigenvalue weighted by atomic mass is 35.5. The number of nitrogens with two attached hydrogens (primary N) is 1. The normalized spacial score (nSPS) is 16.9. The summed E-state index contributed by atoms with van der Waals surface area (Å²) in [5.41, 5.74) is 6.86. The van der Waals surface area contributed by atoms with Crippen molar-refractivity contribution >= 4 is 34.0 Å². The number of anilines is 1. The van der Waals surface area contributed by atoms with E-state index in [-0.39, 0.29) is 29.3 Å². The van der Waals surface area contributed by atoms with Crippen LogP contribution in [0.25, 0.3) is 0 Å². The average molecular weight is 424 g/mol. The van der Waals surface area contributed by atoms with Crippen molar-refractivity contribution in [1.29, 1.82) is 0 Å². The summed E-state index contributed by atoms with van der Waals surface area (Å²) in [5.74, 6) is -0.0921. The van der Waals surface area contributed by atoms with Gasteiger partial charge in [-0.25, -0.2) is 8.42 Å². The van der Waals surface area contributed by atoms with Crippen LogP contribution in [0, 0.1) is 0 Å². The third kappa shape index (κ3) is 4.48. The molecule has 1 fully saturated rings. The Balaban J connectivity index is 0.00000280. The van der Waals surface area contributed by atoms with Crippen LogP contribution < -0.4 is 10.0 Å². The molecule has 0 spiro atoms. The van der Waals surface area contributed by atoms with Crippen molar-refractivity contribution in [3.8, 4) is 0 Å². The van der Waals surface area contributed by atoms with Gasteiger partial charge in [-0.15, -0.1) is 12.4 Å². The number of nitrogens with zero attached hydrogens (tertiary/aromatic N) is 2. The minimum atomic E-state index is -3.69. The lowest BCUT2D eigenvalue weighted by atomic mass is 10.0. The second kappa shape index (κ2) is 9.41. The van der Waals surface area contributed by atoms with Crippen LogP contribution in [0.15, 0.2) is 59.5 Å². The number of sulfonamides is 1. The van der Waals surface area contributed by atoms with E-state index >= 15 is 0 Å². The highest BCUT2D eigenvalue weighted by molar-refractivity contribution is 7.92. The van der Waals surface area contributed by atoms with Crippen LogP contribution in [-0.2, 0) is 10.0 Å². The lowest BCUT2D eigenvalue weighted by Crippen LogP contribution is -2.47. The van der Waals surface area contributed by atoms with Gasteiger partial charge in [-0.3, -0.25) is 9.10 Å². The first-order valence-electron chi connectivity index (χ1n) is 9.10. The second-order valence-corrected chi connectivity index (χ2v) is 8.69. The van der Waals surface area contributed by atoms with Crippen molar-refractivity contribution in [2.75, 3.05) is 24.4 Å². The van der Waals surface area contributed by atoms with Crippen molar-refractivity contribution in [3.05, 3.63) is 60.2 Å². The summed E-state index contributed by atoms with van der Waals surface area (Å²) in [6.07, 6.45) is 2.96. The van der Waals surface area contributed by atoms with Gasteiger partial charge in [0.25, 0.3) is 15.9 Å². The molecule has 6 nitrogen and oxygen atoms in total. The highest BCUT2D eigenvalue weighted by Crippen LogP contribution is 2.23. The monoisotopic (exact) mass is 423 g/mol. The van der Waals surface area contributed by atoms with E-state index in [4.69, 9.17) is 5.73 Å². The van der Waals surface area contributed by atoms with Crippen molar-refractivity contribution in [1.82, 2.24) is 4.90 Å². The Hall–Kier alpha value is -2.09. The van der Waals surface area contributed by atoms with E-state index in [1.807, 2.05) is 11.0 Å². The molecule has 152 valence electrons. The molecule has 0 radical (unpaired) electrons. The predicted octanol–water partition coefficient (Wildman–Crippen LogP) is 2.89. The Morgan fingerprint density at radius 1 is 1.11 bits per heavy atom. The van der Waals surface area contributed by atoms with Crippen LogP contribution in [0.5, 0.6) is 0 Å². The Bertz CT molecular complexity index is 889. The number of para-hydroxylation sites is 1. The van der Waals surface area contributed by atoms with Gasteiger partial charge in [0, 0.05) is 31.7 Å². The Kier molecular flexibility index (Phi) is 7.46. The number of carbonyl (C=O) groups excluding carboxylic acids is 1. The van der Waals surface area contributed by atoms with E-state index in [0.29, 0.717) is 24.3 Å². The van der Waals surface area contributed by atoms with E-state index in [1.54, 1.807) is 36.4 Å². The van der Waals surface area contributed by atoms with Crippen molar-refractivity contribution < 1.29 is 13.2 Å². The molecule has 2 aromatic carbocycles. The van der Waals surface area contributed by atoms with Crippen LogP contribution in [0.3, 0.4) is 0 Å². The number of hydrogen-bond donors (Lipinski definition) is 1. The van der Waals surface area contributed by atoms with E-state index in [9.17, 15) is 13.2 Å². The second-order valence-electron chi connectivity index (χ2n) is 6.72. The number of hydrogen-bond acceptors (Lipinski definition) is 4. The molecule has 28 heavy (non-hydrogen) atoms. The fourth-order valence-electron chi connectivity index (χ4n) is 3.38. The summed E-state index contributed by atoms with van der Waals surface area (Å²) >= 11 is 0. The number of halogens is 1. The van der Waals surface area contributed by atoms with Crippen LogP contribution >= 0.6 is 12.4 Å². The van der Waals surface area contributed by atoms with Gasteiger partial charge in [-0.05, 0) is 55.7 Å². The molecular formula is C20H26ClN3O3S.